The molecule has 84 valence electrons. The van der Waals surface area contributed by atoms with Gasteiger partial charge in [0.25, 0.3) is 0 Å². The average Bonchev–Trinajstić information content (AvgIpc) is 2.73. The topological polar surface area (TPSA) is 50.9 Å². The quantitative estimate of drug-likeness (QED) is 0.917. The number of halogens is 2. The maximum absolute atomic E-state index is 8.85. The summed E-state index contributed by atoms with van der Waals surface area (Å²) < 4.78 is 1.60. The number of aliphatic hydroxyl groups excluding tert-OH is 1. The van der Waals surface area contributed by atoms with Crippen molar-refractivity contribution in [1.82, 2.24) is 15.0 Å². The van der Waals surface area contributed by atoms with Gasteiger partial charge in [0, 0.05) is 0 Å². The van der Waals surface area contributed by atoms with Gasteiger partial charge in [-0.05, 0) is 11.6 Å². The van der Waals surface area contributed by atoms with Crippen LogP contribution >= 0.6 is 23.2 Å². The lowest BCUT2D eigenvalue weighted by Gasteiger charge is -2.04. The minimum atomic E-state index is -0.122. The Morgan fingerprint density at radius 3 is 2.81 bits per heavy atom. The number of aromatic nitrogens is 3. The van der Waals surface area contributed by atoms with Crippen LogP contribution in [-0.2, 0) is 13.2 Å². The van der Waals surface area contributed by atoms with Gasteiger partial charge in [0.1, 0.15) is 5.69 Å². The third kappa shape index (κ3) is 2.35. The molecule has 0 radical (unpaired) electrons. The van der Waals surface area contributed by atoms with Gasteiger partial charge in [-0.2, -0.15) is 0 Å². The summed E-state index contributed by atoms with van der Waals surface area (Å²) in [6, 6.07) is 5.43. The summed E-state index contributed by atoms with van der Waals surface area (Å²) in [5.74, 6) is 0. The average molecular weight is 258 g/mol. The van der Waals surface area contributed by atoms with Gasteiger partial charge in [-0.15, -0.1) is 5.10 Å². The van der Waals surface area contributed by atoms with Crippen LogP contribution in [0.5, 0.6) is 0 Å². The van der Waals surface area contributed by atoms with Gasteiger partial charge in [-0.25, -0.2) is 4.68 Å². The van der Waals surface area contributed by atoms with Crippen molar-refractivity contribution in [3.8, 4) is 0 Å². The Hall–Kier alpha value is -1.10. The summed E-state index contributed by atoms with van der Waals surface area (Å²) in [4.78, 5) is 0. The highest BCUT2D eigenvalue weighted by atomic mass is 35.5. The molecule has 1 heterocycles. The lowest BCUT2D eigenvalue weighted by molar-refractivity contribution is 0.276. The maximum Gasteiger partial charge on any atom is 0.108 e. The third-order valence-electron chi connectivity index (χ3n) is 2.11. The second-order valence-electron chi connectivity index (χ2n) is 3.28. The van der Waals surface area contributed by atoms with Crippen LogP contribution in [0.4, 0.5) is 0 Å². The first kappa shape index (κ1) is 11.4. The number of hydrogen-bond donors (Lipinski definition) is 1. The van der Waals surface area contributed by atoms with Gasteiger partial charge < -0.3 is 5.11 Å². The van der Waals surface area contributed by atoms with Crippen molar-refractivity contribution in [1.29, 1.82) is 0 Å². The molecule has 0 amide bonds. The fraction of sp³-hybridized carbons (Fsp3) is 0.200. The normalized spacial score (nSPS) is 10.7. The predicted molar refractivity (Wildman–Crippen MR) is 61.5 cm³/mol. The molecule has 1 aromatic carbocycles. The van der Waals surface area contributed by atoms with Crippen LogP contribution in [0.25, 0.3) is 0 Å². The van der Waals surface area contributed by atoms with Crippen molar-refractivity contribution >= 4 is 23.2 Å². The van der Waals surface area contributed by atoms with Gasteiger partial charge in [0.05, 0.1) is 29.4 Å². The lowest BCUT2D eigenvalue weighted by atomic mass is 10.2. The first-order valence-electron chi connectivity index (χ1n) is 4.63. The molecule has 6 heteroatoms. The first-order valence-corrected chi connectivity index (χ1v) is 5.39. The highest BCUT2D eigenvalue weighted by Crippen LogP contribution is 2.25. The highest BCUT2D eigenvalue weighted by Gasteiger charge is 2.06. The zero-order valence-corrected chi connectivity index (χ0v) is 9.78. The van der Waals surface area contributed by atoms with Crippen LogP contribution < -0.4 is 0 Å². The number of nitrogens with zero attached hydrogens (tertiary/aromatic N) is 3. The number of benzene rings is 1. The molecule has 0 spiro atoms. The Bertz CT molecular complexity index is 499. The molecule has 0 aliphatic rings. The van der Waals surface area contributed by atoms with Crippen LogP contribution in [0.15, 0.2) is 24.4 Å². The van der Waals surface area contributed by atoms with Crippen LogP contribution in [0.3, 0.4) is 0 Å². The largest absolute Gasteiger partial charge is 0.390 e. The van der Waals surface area contributed by atoms with Crippen LogP contribution in [0.1, 0.15) is 11.3 Å². The van der Waals surface area contributed by atoms with Gasteiger partial charge in [-0.1, -0.05) is 40.5 Å². The van der Waals surface area contributed by atoms with Crippen LogP contribution in [-0.4, -0.2) is 20.1 Å². The molecule has 0 unspecified atom stereocenters. The van der Waals surface area contributed by atoms with E-state index in [1.165, 1.54) is 0 Å². The van der Waals surface area contributed by atoms with Crippen molar-refractivity contribution in [2.75, 3.05) is 0 Å². The predicted octanol–water partition coefficient (Wildman–Crippen LogP) is 2.13. The Morgan fingerprint density at radius 2 is 2.12 bits per heavy atom. The molecular weight excluding hydrogens is 249 g/mol. The fourth-order valence-electron chi connectivity index (χ4n) is 1.33. The summed E-state index contributed by atoms with van der Waals surface area (Å²) in [7, 11) is 0. The minimum Gasteiger partial charge on any atom is -0.390 e. The maximum atomic E-state index is 8.85. The zero-order valence-electron chi connectivity index (χ0n) is 8.27. The van der Waals surface area contributed by atoms with E-state index in [9.17, 15) is 0 Å². The van der Waals surface area contributed by atoms with Crippen molar-refractivity contribution in [2.24, 2.45) is 0 Å². The van der Waals surface area contributed by atoms with Crippen molar-refractivity contribution in [3.63, 3.8) is 0 Å². The SMILES string of the molecule is OCc1cn(Cc2cccc(Cl)c2Cl)nn1. The molecule has 0 saturated carbocycles. The van der Waals surface area contributed by atoms with E-state index in [4.69, 9.17) is 28.3 Å². The zero-order chi connectivity index (χ0) is 11.5. The van der Waals surface area contributed by atoms with Crippen molar-refractivity contribution in [3.05, 3.63) is 45.7 Å². The second-order valence-corrected chi connectivity index (χ2v) is 4.06. The summed E-state index contributed by atoms with van der Waals surface area (Å²) in [6.45, 7) is 0.357. The van der Waals surface area contributed by atoms with Crippen LogP contribution in [0.2, 0.25) is 10.0 Å². The van der Waals surface area contributed by atoms with E-state index in [1.807, 2.05) is 12.1 Å². The number of hydrogen-bond acceptors (Lipinski definition) is 3. The molecule has 2 rings (SSSR count). The van der Waals surface area contributed by atoms with Crippen molar-refractivity contribution < 1.29 is 5.11 Å². The van der Waals surface area contributed by atoms with Gasteiger partial charge in [0.15, 0.2) is 0 Å². The van der Waals surface area contributed by atoms with E-state index in [0.717, 1.165) is 5.56 Å². The molecule has 0 aliphatic heterocycles. The molecule has 1 N–H and O–H groups in total. The van der Waals surface area contributed by atoms with Gasteiger partial charge in [-0.3, -0.25) is 0 Å². The molecular formula is C10H9Cl2N3O. The summed E-state index contributed by atoms with van der Waals surface area (Å²) in [6.07, 6.45) is 1.66. The van der Waals surface area contributed by atoms with E-state index in [1.54, 1.807) is 16.9 Å². The number of rotatable bonds is 3. The molecule has 0 saturated heterocycles. The third-order valence-corrected chi connectivity index (χ3v) is 2.97. The standard InChI is InChI=1S/C10H9Cl2N3O/c11-9-3-1-2-7(10(9)12)4-15-5-8(6-16)13-14-15/h1-3,5,16H,4,6H2. The molecule has 0 fully saturated rings. The first-order chi connectivity index (χ1) is 7.70. The Balaban J connectivity index is 2.23. The molecule has 2 aromatic rings. The highest BCUT2D eigenvalue weighted by molar-refractivity contribution is 6.42. The lowest BCUT2D eigenvalue weighted by Crippen LogP contribution is -2.01. The smallest absolute Gasteiger partial charge is 0.108 e. The Morgan fingerprint density at radius 1 is 1.31 bits per heavy atom. The van der Waals surface area contributed by atoms with Crippen LogP contribution in [0, 0.1) is 0 Å². The van der Waals surface area contributed by atoms with E-state index in [-0.39, 0.29) is 6.61 Å². The fourth-order valence-corrected chi connectivity index (χ4v) is 1.71. The second kappa shape index (κ2) is 4.82. The van der Waals surface area contributed by atoms with E-state index >= 15 is 0 Å². The molecule has 0 aliphatic carbocycles. The molecule has 0 atom stereocenters. The summed E-state index contributed by atoms with van der Waals surface area (Å²) in [5, 5.41) is 17.5. The molecule has 16 heavy (non-hydrogen) atoms. The summed E-state index contributed by atoms with van der Waals surface area (Å²) in [5.41, 5.74) is 1.39. The molecule has 4 nitrogen and oxygen atoms in total. The Kier molecular flexibility index (Phi) is 3.43. The minimum absolute atomic E-state index is 0.122. The summed E-state index contributed by atoms with van der Waals surface area (Å²) >= 11 is 11.9. The molecule has 0 bridgehead atoms. The van der Waals surface area contributed by atoms with E-state index in [0.29, 0.717) is 22.3 Å². The van der Waals surface area contributed by atoms with Gasteiger partial charge >= 0.3 is 0 Å². The van der Waals surface area contributed by atoms with E-state index < -0.39 is 0 Å². The van der Waals surface area contributed by atoms with Gasteiger partial charge in [0.2, 0.25) is 0 Å². The number of aliphatic hydroxyl groups is 1. The molecule has 1 aromatic heterocycles. The van der Waals surface area contributed by atoms with E-state index in [2.05, 4.69) is 10.3 Å². The Labute approximate surface area is 102 Å². The monoisotopic (exact) mass is 257 g/mol. The van der Waals surface area contributed by atoms with Crippen molar-refractivity contribution in [2.45, 2.75) is 13.2 Å².